The topological polar surface area (TPSA) is 65.1 Å². The van der Waals surface area contributed by atoms with Crippen LogP contribution in [0.2, 0.25) is 0 Å². The van der Waals surface area contributed by atoms with Gasteiger partial charge in [-0.25, -0.2) is 0 Å². The summed E-state index contributed by atoms with van der Waals surface area (Å²) < 4.78 is 41.8. The largest absolute Gasteiger partial charge is 0.573 e. The monoisotopic (exact) mass is 300 g/mol. The number of halogens is 3. The van der Waals surface area contributed by atoms with Crippen LogP contribution in [0.15, 0.2) is 36.5 Å². The minimum Gasteiger partial charge on any atom is -0.406 e. The Morgan fingerprint density at radius 3 is 2.43 bits per heavy atom. The van der Waals surface area contributed by atoms with E-state index in [4.69, 9.17) is 5.84 Å². The summed E-state index contributed by atoms with van der Waals surface area (Å²) in [5.41, 5.74) is 4.21. The fourth-order valence-corrected chi connectivity index (χ4v) is 1.96. The summed E-state index contributed by atoms with van der Waals surface area (Å²) in [7, 11) is 1.80. The number of aryl methyl sites for hydroxylation is 1. The van der Waals surface area contributed by atoms with E-state index in [0.29, 0.717) is 6.42 Å². The first kappa shape index (κ1) is 15.3. The maximum Gasteiger partial charge on any atom is 0.573 e. The number of benzene rings is 1. The number of hydrogen-bond acceptors (Lipinski definition) is 4. The van der Waals surface area contributed by atoms with E-state index in [-0.39, 0.29) is 11.8 Å². The van der Waals surface area contributed by atoms with Gasteiger partial charge in [0.25, 0.3) is 0 Å². The van der Waals surface area contributed by atoms with Gasteiger partial charge < -0.3 is 4.74 Å². The van der Waals surface area contributed by atoms with Crippen molar-refractivity contribution in [2.45, 2.75) is 18.8 Å². The lowest BCUT2D eigenvalue weighted by atomic mass is 10.0. The number of hydrogen-bond donors (Lipinski definition) is 2. The Bertz CT molecular complexity index is 580. The second kappa shape index (κ2) is 6.15. The highest BCUT2D eigenvalue weighted by atomic mass is 19.4. The van der Waals surface area contributed by atoms with Gasteiger partial charge >= 0.3 is 6.36 Å². The summed E-state index contributed by atoms with van der Waals surface area (Å²) in [4.78, 5) is 0. The van der Waals surface area contributed by atoms with E-state index in [1.807, 2.05) is 12.3 Å². The SMILES string of the molecule is Cn1ccc(CC(NN)c2ccc(OC(F)(F)F)cc2)n1. The van der Waals surface area contributed by atoms with Crippen LogP contribution in [0.5, 0.6) is 5.75 Å². The maximum absolute atomic E-state index is 12.1. The number of nitrogens with zero attached hydrogens (tertiary/aromatic N) is 2. The molecule has 2 rings (SSSR count). The molecule has 3 N–H and O–H groups in total. The van der Waals surface area contributed by atoms with Crippen molar-refractivity contribution in [3.8, 4) is 5.75 Å². The average molecular weight is 300 g/mol. The molecule has 5 nitrogen and oxygen atoms in total. The lowest BCUT2D eigenvalue weighted by Gasteiger charge is -2.16. The predicted molar refractivity (Wildman–Crippen MR) is 70.1 cm³/mol. The van der Waals surface area contributed by atoms with Crippen LogP contribution in [-0.4, -0.2) is 16.1 Å². The lowest BCUT2D eigenvalue weighted by Crippen LogP contribution is -2.29. The van der Waals surface area contributed by atoms with Crippen molar-refractivity contribution in [2.24, 2.45) is 12.9 Å². The number of hydrazine groups is 1. The Labute approximate surface area is 119 Å². The quantitative estimate of drug-likeness (QED) is 0.655. The average Bonchev–Trinajstić information content (AvgIpc) is 2.81. The molecule has 1 heterocycles. The fourth-order valence-electron chi connectivity index (χ4n) is 1.96. The highest BCUT2D eigenvalue weighted by molar-refractivity contribution is 5.30. The van der Waals surface area contributed by atoms with E-state index in [9.17, 15) is 13.2 Å². The van der Waals surface area contributed by atoms with Gasteiger partial charge in [0.2, 0.25) is 0 Å². The smallest absolute Gasteiger partial charge is 0.406 e. The van der Waals surface area contributed by atoms with Crippen molar-refractivity contribution < 1.29 is 17.9 Å². The molecule has 1 aromatic heterocycles. The molecule has 2 aromatic rings. The van der Waals surface area contributed by atoms with Gasteiger partial charge in [0.05, 0.1) is 11.7 Å². The molecule has 21 heavy (non-hydrogen) atoms. The second-order valence-electron chi connectivity index (χ2n) is 4.52. The molecule has 0 aliphatic heterocycles. The molecule has 0 amide bonds. The fraction of sp³-hybridized carbons (Fsp3) is 0.308. The van der Waals surface area contributed by atoms with Crippen molar-refractivity contribution in [3.63, 3.8) is 0 Å². The van der Waals surface area contributed by atoms with E-state index >= 15 is 0 Å². The molecule has 1 aromatic carbocycles. The molecule has 0 aliphatic carbocycles. The number of rotatable bonds is 5. The zero-order valence-corrected chi connectivity index (χ0v) is 11.3. The second-order valence-corrected chi connectivity index (χ2v) is 4.52. The zero-order valence-electron chi connectivity index (χ0n) is 11.3. The zero-order chi connectivity index (χ0) is 15.5. The summed E-state index contributed by atoms with van der Waals surface area (Å²) in [5.74, 6) is 5.24. The molecule has 0 spiro atoms. The van der Waals surface area contributed by atoms with E-state index in [2.05, 4.69) is 15.3 Å². The Morgan fingerprint density at radius 1 is 1.29 bits per heavy atom. The summed E-state index contributed by atoms with van der Waals surface area (Å²) in [6.45, 7) is 0. The molecular formula is C13H15F3N4O. The van der Waals surface area contributed by atoms with Crippen LogP contribution in [0.4, 0.5) is 13.2 Å². The molecule has 1 unspecified atom stereocenters. The van der Waals surface area contributed by atoms with Crippen LogP contribution in [-0.2, 0) is 13.5 Å². The molecule has 8 heteroatoms. The van der Waals surface area contributed by atoms with Gasteiger partial charge in [-0.15, -0.1) is 13.2 Å². The molecule has 0 aliphatic rings. The molecule has 0 saturated carbocycles. The number of ether oxygens (including phenoxy) is 1. The number of aromatic nitrogens is 2. The summed E-state index contributed by atoms with van der Waals surface area (Å²) in [5, 5.41) is 4.24. The minimum absolute atomic E-state index is 0.250. The van der Waals surface area contributed by atoms with E-state index < -0.39 is 6.36 Å². The van der Waals surface area contributed by atoms with Crippen LogP contribution in [0.1, 0.15) is 17.3 Å². The van der Waals surface area contributed by atoms with Crippen LogP contribution in [0.3, 0.4) is 0 Å². The van der Waals surface area contributed by atoms with Gasteiger partial charge in [0.15, 0.2) is 0 Å². The third kappa shape index (κ3) is 4.47. The van der Waals surface area contributed by atoms with Crippen molar-refractivity contribution in [2.75, 3.05) is 0 Å². The standard InChI is InChI=1S/C13H15F3N4O/c1-20-7-6-10(19-20)8-12(18-17)9-2-4-11(5-3-9)21-13(14,15)16/h2-7,12,18H,8,17H2,1H3. The molecule has 0 radical (unpaired) electrons. The number of alkyl halides is 3. The minimum atomic E-state index is -4.69. The van der Waals surface area contributed by atoms with Crippen LogP contribution >= 0.6 is 0 Å². The molecule has 1 atom stereocenters. The van der Waals surface area contributed by atoms with E-state index in [1.165, 1.54) is 24.3 Å². The van der Waals surface area contributed by atoms with Crippen molar-refractivity contribution >= 4 is 0 Å². The highest BCUT2D eigenvalue weighted by Gasteiger charge is 2.31. The Kier molecular flexibility index (Phi) is 4.49. The Morgan fingerprint density at radius 2 is 1.95 bits per heavy atom. The van der Waals surface area contributed by atoms with E-state index in [0.717, 1.165) is 11.3 Å². The lowest BCUT2D eigenvalue weighted by molar-refractivity contribution is -0.274. The van der Waals surface area contributed by atoms with Crippen molar-refractivity contribution in [3.05, 3.63) is 47.8 Å². The third-order valence-corrected chi connectivity index (χ3v) is 2.90. The Balaban J connectivity index is 2.08. The number of nitrogens with one attached hydrogen (secondary N) is 1. The highest BCUT2D eigenvalue weighted by Crippen LogP contribution is 2.25. The third-order valence-electron chi connectivity index (χ3n) is 2.90. The Hall–Kier alpha value is -2.06. The summed E-state index contributed by atoms with van der Waals surface area (Å²) >= 11 is 0. The first-order valence-corrected chi connectivity index (χ1v) is 6.18. The molecule has 0 bridgehead atoms. The van der Waals surface area contributed by atoms with Gasteiger partial charge in [-0.05, 0) is 23.8 Å². The summed E-state index contributed by atoms with van der Waals surface area (Å²) in [6.07, 6.45) is -2.36. The molecule has 0 saturated heterocycles. The molecule has 114 valence electrons. The van der Waals surface area contributed by atoms with Crippen molar-refractivity contribution in [1.29, 1.82) is 0 Å². The van der Waals surface area contributed by atoms with Crippen LogP contribution < -0.4 is 16.0 Å². The van der Waals surface area contributed by atoms with Crippen molar-refractivity contribution in [1.82, 2.24) is 15.2 Å². The van der Waals surface area contributed by atoms with Gasteiger partial charge in [0.1, 0.15) is 5.75 Å². The van der Waals surface area contributed by atoms with Gasteiger partial charge in [-0.1, -0.05) is 12.1 Å². The summed E-state index contributed by atoms with van der Waals surface area (Å²) in [6, 6.07) is 7.19. The normalized spacial score (nSPS) is 13.2. The first-order valence-electron chi connectivity index (χ1n) is 6.18. The van der Waals surface area contributed by atoms with Crippen LogP contribution in [0.25, 0.3) is 0 Å². The number of nitrogens with two attached hydrogens (primary N) is 1. The maximum atomic E-state index is 12.1. The van der Waals surface area contributed by atoms with E-state index in [1.54, 1.807) is 11.7 Å². The predicted octanol–water partition coefficient (Wildman–Crippen LogP) is 2.07. The van der Waals surface area contributed by atoms with Gasteiger partial charge in [-0.2, -0.15) is 5.10 Å². The first-order chi connectivity index (χ1) is 9.87. The molecular weight excluding hydrogens is 285 g/mol. The molecule has 0 fully saturated rings. The van der Waals surface area contributed by atoms with Gasteiger partial charge in [0, 0.05) is 19.7 Å². The van der Waals surface area contributed by atoms with Gasteiger partial charge in [-0.3, -0.25) is 16.0 Å². The van der Waals surface area contributed by atoms with Crippen LogP contribution in [0, 0.1) is 0 Å².